The highest BCUT2D eigenvalue weighted by molar-refractivity contribution is 7.88. The molecule has 154 valence electrons. The van der Waals surface area contributed by atoms with Gasteiger partial charge in [-0.15, -0.1) is 12.4 Å². The van der Waals surface area contributed by atoms with Gasteiger partial charge >= 0.3 is 6.18 Å². The van der Waals surface area contributed by atoms with E-state index in [1.165, 1.54) is 16.4 Å². The average Bonchev–Trinajstić information content (AvgIpc) is 2.59. The summed E-state index contributed by atoms with van der Waals surface area (Å²) in [5.41, 5.74) is 4.51. The molecule has 1 saturated heterocycles. The molecule has 1 aliphatic heterocycles. The first-order chi connectivity index (χ1) is 12.1. The molecule has 6 nitrogen and oxygen atoms in total. The summed E-state index contributed by atoms with van der Waals surface area (Å²) in [6.07, 6.45) is -3.45. The van der Waals surface area contributed by atoms with Crippen LogP contribution in [0.3, 0.4) is 0 Å². The van der Waals surface area contributed by atoms with E-state index in [1.807, 2.05) is 0 Å². The van der Waals surface area contributed by atoms with Gasteiger partial charge in [-0.2, -0.15) is 13.2 Å². The second-order valence-corrected chi connectivity index (χ2v) is 8.20. The van der Waals surface area contributed by atoms with Crippen molar-refractivity contribution in [3.05, 3.63) is 35.4 Å². The smallest absolute Gasteiger partial charge is 0.355 e. The van der Waals surface area contributed by atoms with Crippen LogP contribution >= 0.6 is 12.4 Å². The number of nitrogens with zero attached hydrogens (tertiary/aromatic N) is 1. The monoisotopic (exact) mass is 429 g/mol. The van der Waals surface area contributed by atoms with E-state index in [-0.39, 0.29) is 43.5 Å². The molecule has 0 saturated carbocycles. The molecular formula is C16H23ClF3N3O3S. The van der Waals surface area contributed by atoms with Gasteiger partial charge in [-0.3, -0.25) is 4.79 Å². The van der Waals surface area contributed by atoms with Gasteiger partial charge in [0.25, 0.3) is 0 Å². The number of carbonyl (C=O) groups excluding carboxylic acids is 1. The molecule has 11 heteroatoms. The lowest BCUT2D eigenvalue weighted by Crippen LogP contribution is -2.46. The van der Waals surface area contributed by atoms with Crippen molar-refractivity contribution in [1.29, 1.82) is 0 Å². The Morgan fingerprint density at radius 1 is 1.33 bits per heavy atom. The summed E-state index contributed by atoms with van der Waals surface area (Å²) in [6, 6.07) is 4.27. The maximum Gasteiger partial charge on any atom is 0.416 e. The Kier molecular flexibility index (Phi) is 8.52. The molecule has 0 aliphatic carbocycles. The zero-order valence-electron chi connectivity index (χ0n) is 14.5. The molecule has 1 aromatic carbocycles. The molecule has 27 heavy (non-hydrogen) atoms. The fraction of sp³-hybridized carbons (Fsp3) is 0.562. The zero-order chi connectivity index (χ0) is 19.4. The Morgan fingerprint density at radius 2 is 2.04 bits per heavy atom. The van der Waals surface area contributed by atoms with Gasteiger partial charge in [0.05, 0.1) is 17.2 Å². The normalized spacial score (nSPS) is 18.6. The van der Waals surface area contributed by atoms with Gasteiger partial charge in [0.15, 0.2) is 0 Å². The first-order valence-electron chi connectivity index (χ1n) is 8.25. The highest BCUT2D eigenvalue weighted by atomic mass is 35.5. The van der Waals surface area contributed by atoms with E-state index < -0.39 is 33.4 Å². The number of rotatable bonds is 6. The highest BCUT2D eigenvalue weighted by Crippen LogP contribution is 2.30. The lowest BCUT2D eigenvalue weighted by Gasteiger charge is -2.31. The molecule has 1 aromatic rings. The fourth-order valence-electron chi connectivity index (χ4n) is 2.89. The molecule has 1 amide bonds. The molecule has 1 heterocycles. The van der Waals surface area contributed by atoms with Crippen molar-refractivity contribution in [3.63, 3.8) is 0 Å². The Labute approximate surface area is 162 Å². The molecule has 1 fully saturated rings. The van der Waals surface area contributed by atoms with Gasteiger partial charge in [0.1, 0.15) is 0 Å². The number of carbonyl (C=O) groups is 1. The van der Waals surface area contributed by atoms with E-state index in [0.29, 0.717) is 19.4 Å². The largest absolute Gasteiger partial charge is 0.416 e. The first kappa shape index (κ1) is 23.7. The van der Waals surface area contributed by atoms with Crippen LogP contribution in [0.2, 0.25) is 0 Å². The van der Waals surface area contributed by atoms with Crippen molar-refractivity contribution in [2.24, 2.45) is 11.7 Å². The summed E-state index contributed by atoms with van der Waals surface area (Å²) < 4.78 is 64.7. The van der Waals surface area contributed by atoms with Crippen LogP contribution in [0.15, 0.2) is 24.3 Å². The number of amides is 1. The number of halogens is 4. The van der Waals surface area contributed by atoms with E-state index in [0.717, 1.165) is 12.1 Å². The maximum absolute atomic E-state index is 12.8. The summed E-state index contributed by atoms with van der Waals surface area (Å²) in [7, 11) is -3.82. The summed E-state index contributed by atoms with van der Waals surface area (Å²) in [6.45, 7) is 0.877. The summed E-state index contributed by atoms with van der Waals surface area (Å²) in [4.78, 5) is 12.0. The fourth-order valence-corrected chi connectivity index (χ4v) is 4.49. The zero-order valence-corrected chi connectivity index (χ0v) is 16.2. The molecule has 1 atom stereocenters. The Morgan fingerprint density at radius 3 is 2.67 bits per heavy atom. The minimum absolute atomic E-state index is 0. The summed E-state index contributed by atoms with van der Waals surface area (Å²) in [5.74, 6) is -1.27. The molecule has 2 rings (SSSR count). The van der Waals surface area contributed by atoms with Gasteiger partial charge < -0.3 is 11.1 Å². The highest BCUT2D eigenvalue weighted by Gasteiger charge is 2.33. The topological polar surface area (TPSA) is 92.5 Å². The third-order valence-electron chi connectivity index (χ3n) is 4.20. The maximum atomic E-state index is 12.8. The van der Waals surface area contributed by atoms with Crippen molar-refractivity contribution in [3.8, 4) is 0 Å². The number of benzene rings is 1. The molecule has 0 radical (unpaired) electrons. The van der Waals surface area contributed by atoms with Crippen molar-refractivity contribution in [2.45, 2.75) is 24.8 Å². The molecular weight excluding hydrogens is 407 g/mol. The third-order valence-corrected chi connectivity index (χ3v) is 6.01. The summed E-state index contributed by atoms with van der Waals surface area (Å²) >= 11 is 0. The van der Waals surface area contributed by atoms with Crippen LogP contribution in [0.5, 0.6) is 0 Å². The van der Waals surface area contributed by atoms with Crippen molar-refractivity contribution in [1.82, 2.24) is 9.62 Å². The van der Waals surface area contributed by atoms with Crippen LogP contribution in [0, 0.1) is 5.92 Å². The first-order valence-corrected chi connectivity index (χ1v) is 9.86. The number of nitrogens with two attached hydrogens (primary N) is 1. The van der Waals surface area contributed by atoms with Crippen molar-refractivity contribution < 1.29 is 26.4 Å². The lowest BCUT2D eigenvalue weighted by atomic mass is 9.99. The van der Waals surface area contributed by atoms with E-state index >= 15 is 0 Å². The van der Waals surface area contributed by atoms with Crippen molar-refractivity contribution >= 4 is 28.3 Å². The van der Waals surface area contributed by atoms with Gasteiger partial charge in [0, 0.05) is 26.2 Å². The minimum atomic E-state index is -4.53. The summed E-state index contributed by atoms with van der Waals surface area (Å²) in [5, 5.41) is 2.64. The third kappa shape index (κ3) is 6.63. The van der Waals surface area contributed by atoms with Crippen LogP contribution in [-0.4, -0.2) is 44.8 Å². The molecule has 0 bridgehead atoms. The van der Waals surface area contributed by atoms with Crippen LogP contribution in [0.25, 0.3) is 0 Å². The van der Waals surface area contributed by atoms with Gasteiger partial charge in [-0.05, 0) is 24.5 Å². The molecule has 1 aliphatic rings. The Hall–Kier alpha value is -1.36. The average molecular weight is 430 g/mol. The van der Waals surface area contributed by atoms with E-state index in [2.05, 4.69) is 5.32 Å². The van der Waals surface area contributed by atoms with Crippen LogP contribution in [0.4, 0.5) is 13.2 Å². The van der Waals surface area contributed by atoms with E-state index in [4.69, 9.17) is 5.73 Å². The standard InChI is InChI=1S/C16H22F3N3O3S.ClH/c17-16(18,19)14-5-1-3-12(9-14)11-26(24,25)22-8-2-4-13(10-22)15(23)21-7-6-20;/h1,3,5,9,13H,2,4,6-8,10-11,20H2,(H,21,23);1H. The predicted molar refractivity (Wildman–Crippen MR) is 97.7 cm³/mol. The van der Waals surface area contributed by atoms with Gasteiger partial charge in [-0.25, -0.2) is 12.7 Å². The number of piperidine rings is 1. The SMILES string of the molecule is Cl.NCCNC(=O)C1CCCN(S(=O)(=O)Cc2cccc(C(F)(F)F)c2)C1. The van der Waals surface area contributed by atoms with Crippen LogP contribution < -0.4 is 11.1 Å². The molecule has 1 unspecified atom stereocenters. The second-order valence-electron chi connectivity index (χ2n) is 6.23. The lowest BCUT2D eigenvalue weighted by molar-refractivity contribution is -0.137. The predicted octanol–water partition coefficient (Wildman–Crippen LogP) is 1.74. The van der Waals surface area contributed by atoms with Crippen LogP contribution in [0.1, 0.15) is 24.0 Å². The quantitative estimate of drug-likeness (QED) is 0.720. The number of alkyl halides is 3. The van der Waals surface area contributed by atoms with Gasteiger partial charge in [-0.1, -0.05) is 18.2 Å². The Balaban J connectivity index is 0.00000364. The van der Waals surface area contributed by atoms with Crippen molar-refractivity contribution in [2.75, 3.05) is 26.2 Å². The second kappa shape index (κ2) is 9.72. The van der Waals surface area contributed by atoms with Crippen LogP contribution in [-0.2, 0) is 26.7 Å². The Bertz CT molecular complexity index is 744. The number of sulfonamides is 1. The molecule has 0 spiro atoms. The van der Waals surface area contributed by atoms with Gasteiger partial charge in [0.2, 0.25) is 15.9 Å². The number of hydrogen-bond acceptors (Lipinski definition) is 4. The molecule has 0 aromatic heterocycles. The van der Waals surface area contributed by atoms with E-state index in [9.17, 15) is 26.4 Å². The van der Waals surface area contributed by atoms with E-state index in [1.54, 1.807) is 0 Å². The minimum Gasteiger partial charge on any atom is -0.355 e. The molecule has 3 N–H and O–H groups in total. The number of hydrogen-bond donors (Lipinski definition) is 2. The number of nitrogens with one attached hydrogen (secondary N) is 1.